The average Bonchev–Trinajstić information content (AvgIpc) is 2.44. The molecule has 1 aromatic carbocycles. The van der Waals surface area contributed by atoms with Crippen LogP contribution < -0.4 is 4.87 Å². The van der Waals surface area contributed by atoms with Crippen molar-refractivity contribution in [1.29, 1.82) is 0 Å². The Morgan fingerprint density at radius 2 is 2.38 bits per heavy atom. The number of benzene rings is 1. The number of nitrogens with one attached hydrogen (secondary N) is 1. The van der Waals surface area contributed by atoms with Crippen LogP contribution in [-0.2, 0) is 0 Å². The summed E-state index contributed by atoms with van der Waals surface area (Å²) in [5.41, 5.74) is 1.58. The third-order valence-electron chi connectivity index (χ3n) is 1.65. The quantitative estimate of drug-likeness (QED) is 0.409. The second-order valence-corrected chi connectivity index (χ2v) is 3.53. The maximum atomic E-state index is 10.9. The smallest absolute Gasteiger partial charge is 0.305 e. The molecule has 0 saturated carbocycles. The van der Waals surface area contributed by atoms with Gasteiger partial charge in [-0.2, -0.15) is 0 Å². The Balaban J connectivity index is 2.67. The van der Waals surface area contributed by atoms with Crippen molar-refractivity contribution in [3.63, 3.8) is 0 Å². The lowest BCUT2D eigenvalue weighted by atomic mass is 10.2. The Morgan fingerprint density at radius 3 is 3.15 bits per heavy atom. The SMILES string of the molecule is O=c1[nH]c2ccc(/C=N\O)cc2s1. The van der Waals surface area contributed by atoms with E-state index >= 15 is 0 Å². The largest absolute Gasteiger partial charge is 0.411 e. The molecule has 2 aromatic rings. The number of hydrogen-bond acceptors (Lipinski definition) is 4. The van der Waals surface area contributed by atoms with Gasteiger partial charge in [0.1, 0.15) is 0 Å². The Morgan fingerprint density at radius 1 is 1.54 bits per heavy atom. The highest BCUT2D eigenvalue weighted by atomic mass is 32.1. The predicted molar refractivity (Wildman–Crippen MR) is 51.8 cm³/mol. The van der Waals surface area contributed by atoms with Crippen molar-refractivity contribution in [3.8, 4) is 0 Å². The molecule has 0 atom stereocenters. The lowest BCUT2D eigenvalue weighted by Crippen LogP contribution is -1.89. The summed E-state index contributed by atoms with van der Waals surface area (Å²) in [4.78, 5) is 13.5. The molecule has 0 bridgehead atoms. The molecular weight excluding hydrogens is 188 g/mol. The fourth-order valence-electron chi connectivity index (χ4n) is 1.11. The van der Waals surface area contributed by atoms with E-state index < -0.39 is 0 Å². The topological polar surface area (TPSA) is 65.5 Å². The standard InChI is InChI=1S/C8H6N2O2S/c11-8-10-6-2-1-5(4-9-12)3-7(6)13-8/h1-4,12H,(H,10,11)/b9-4-. The van der Waals surface area contributed by atoms with Gasteiger partial charge in [-0.05, 0) is 17.7 Å². The Kier molecular flexibility index (Phi) is 1.86. The van der Waals surface area contributed by atoms with Gasteiger partial charge < -0.3 is 10.2 Å². The fourth-order valence-corrected chi connectivity index (χ4v) is 1.89. The van der Waals surface area contributed by atoms with Crippen molar-refractivity contribution in [1.82, 2.24) is 4.98 Å². The molecule has 5 heteroatoms. The molecule has 0 spiro atoms. The van der Waals surface area contributed by atoms with Gasteiger partial charge in [0.15, 0.2) is 0 Å². The molecule has 13 heavy (non-hydrogen) atoms. The first-order valence-corrected chi connectivity index (χ1v) is 4.41. The van der Waals surface area contributed by atoms with Crippen molar-refractivity contribution in [2.24, 2.45) is 5.16 Å². The first-order valence-electron chi connectivity index (χ1n) is 3.60. The zero-order valence-corrected chi connectivity index (χ0v) is 7.34. The number of hydrogen-bond donors (Lipinski definition) is 2. The summed E-state index contributed by atoms with van der Waals surface area (Å²) in [6.45, 7) is 0. The third kappa shape index (κ3) is 1.46. The summed E-state index contributed by atoms with van der Waals surface area (Å²) in [6.07, 6.45) is 1.32. The van der Waals surface area contributed by atoms with Crippen molar-refractivity contribution in [3.05, 3.63) is 33.4 Å². The highest BCUT2D eigenvalue weighted by molar-refractivity contribution is 7.16. The Labute approximate surface area is 77.1 Å². The first-order chi connectivity index (χ1) is 6.29. The molecular formula is C8H6N2O2S. The second kappa shape index (κ2) is 3.02. The molecule has 0 saturated heterocycles. The lowest BCUT2D eigenvalue weighted by Gasteiger charge is -1.90. The molecule has 2 rings (SSSR count). The van der Waals surface area contributed by atoms with E-state index in [-0.39, 0.29) is 4.87 Å². The molecule has 0 aliphatic rings. The molecule has 1 heterocycles. The predicted octanol–water partition coefficient (Wildman–Crippen LogP) is 1.40. The normalized spacial score (nSPS) is 11.4. The molecule has 4 nitrogen and oxygen atoms in total. The van der Waals surface area contributed by atoms with Crippen molar-refractivity contribution >= 4 is 27.8 Å². The van der Waals surface area contributed by atoms with Crippen LogP contribution in [0.3, 0.4) is 0 Å². The van der Waals surface area contributed by atoms with Gasteiger partial charge in [-0.3, -0.25) is 4.79 Å². The van der Waals surface area contributed by atoms with E-state index in [1.807, 2.05) is 0 Å². The van der Waals surface area contributed by atoms with E-state index in [9.17, 15) is 4.79 Å². The molecule has 2 N–H and O–H groups in total. The fraction of sp³-hybridized carbons (Fsp3) is 0. The lowest BCUT2D eigenvalue weighted by molar-refractivity contribution is 0.322. The molecule has 0 fully saturated rings. The van der Waals surface area contributed by atoms with Crippen LogP contribution in [-0.4, -0.2) is 16.4 Å². The van der Waals surface area contributed by atoms with Crippen LogP contribution in [0.1, 0.15) is 5.56 Å². The van der Waals surface area contributed by atoms with Crippen LogP contribution in [0.4, 0.5) is 0 Å². The van der Waals surface area contributed by atoms with Gasteiger partial charge in [-0.15, -0.1) is 0 Å². The van der Waals surface area contributed by atoms with E-state index in [0.717, 1.165) is 27.1 Å². The maximum absolute atomic E-state index is 10.9. The minimum Gasteiger partial charge on any atom is -0.411 e. The number of thiazole rings is 1. The van der Waals surface area contributed by atoms with Crippen LogP contribution >= 0.6 is 11.3 Å². The maximum Gasteiger partial charge on any atom is 0.305 e. The minimum atomic E-state index is -0.0758. The van der Waals surface area contributed by atoms with E-state index in [2.05, 4.69) is 10.1 Å². The van der Waals surface area contributed by atoms with Gasteiger partial charge in [0.2, 0.25) is 0 Å². The van der Waals surface area contributed by atoms with Gasteiger partial charge in [0.25, 0.3) is 0 Å². The molecule has 0 aliphatic carbocycles. The van der Waals surface area contributed by atoms with E-state index in [1.165, 1.54) is 6.21 Å². The molecule has 0 amide bonds. The summed E-state index contributed by atoms with van der Waals surface area (Å²) in [5.74, 6) is 0. The Hall–Kier alpha value is -1.62. The van der Waals surface area contributed by atoms with Crippen LogP contribution in [0.25, 0.3) is 10.2 Å². The molecule has 0 unspecified atom stereocenters. The zero-order chi connectivity index (χ0) is 9.26. The Bertz CT molecular complexity index is 512. The van der Waals surface area contributed by atoms with Crippen molar-refractivity contribution in [2.45, 2.75) is 0 Å². The summed E-state index contributed by atoms with van der Waals surface area (Å²) in [6, 6.07) is 5.34. The molecule has 0 radical (unpaired) electrons. The van der Waals surface area contributed by atoms with Gasteiger partial charge >= 0.3 is 4.87 Å². The zero-order valence-electron chi connectivity index (χ0n) is 6.52. The van der Waals surface area contributed by atoms with E-state index in [4.69, 9.17) is 5.21 Å². The minimum absolute atomic E-state index is 0.0758. The molecule has 66 valence electrons. The van der Waals surface area contributed by atoms with Gasteiger partial charge in [0, 0.05) is 0 Å². The van der Waals surface area contributed by atoms with Crippen molar-refractivity contribution in [2.75, 3.05) is 0 Å². The van der Waals surface area contributed by atoms with Crippen LogP contribution in [0, 0.1) is 0 Å². The van der Waals surface area contributed by atoms with E-state index in [1.54, 1.807) is 18.2 Å². The molecule has 1 aromatic heterocycles. The summed E-state index contributed by atoms with van der Waals surface area (Å²) < 4.78 is 0.863. The van der Waals surface area contributed by atoms with E-state index in [0.29, 0.717) is 0 Å². The number of nitrogens with zero attached hydrogens (tertiary/aromatic N) is 1. The van der Waals surface area contributed by atoms with Crippen LogP contribution in [0.5, 0.6) is 0 Å². The number of aromatic amines is 1. The number of fused-ring (bicyclic) bond motifs is 1. The third-order valence-corrected chi connectivity index (χ3v) is 2.50. The summed E-state index contributed by atoms with van der Waals surface area (Å²) in [5, 5.41) is 11.2. The highest BCUT2D eigenvalue weighted by Gasteiger charge is 1.98. The highest BCUT2D eigenvalue weighted by Crippen LogP contribution is 2.14. The second-order valence-electron chi connectivity index (χ2n) is 2.51. The summed E-state index contributed by atoms with van der Waals surface area (Å²) in [7, 11) is 0. The van der Waals surface area contributed by atoms with Crippen LogP contribution in [0.2, 0.25) is 0 Å². The van der Waals surface area contributed by atoms with Crippen molar-refractivity contribution < 1.29 is 5.21 Å². The average molecular weight is 194 g/mol. The number of rotatable bonds is 1. The first kappa shape index (κ1) is 8.00. The van der Waals surface area contributed by atoms with Gasteiger partial charge in [-0.1, -0.05) is 22.6 Å². The number of oxime groups is 1. The van der Waals surface area contributed by atoms with Gasteiger partial charge in [-0.25, -0.2) is 0 Å². The monoisotopic (exact) mass is 194 g/mol. The molecule has 0 aliphatic heterocycles. The van der Waals surface area contributed by atoms with Crippen LogP contribution in [0.15, 0.2) is 28.1 Å². The number of H-pyrrole nitrogens is 1. The number of aromatic nitrogens is 1. The van der Waals surface area contributed by atoms with Gasteiger partial charge in [0.05, 0.1) is 16.4 Å². The summed E-state index contributed by atoms with van der Waals surface area (Å²) >= 11 is 1.14.